The number of hydrogen-bond donors (Lipinski definition) is 1. The molecule has 0 heterocycles. The average Bonchev–Trinajstić information content (AvgIpc) is 2.38. The molecule has 2 aromatic rings. The molecule has 5 heteroatoms. The van der Waals surface area contributed by atoms with Gasteiger partial charge in [0.05, 0.1) is 12.8 Å². The van der Waals surface area contributed by atoms with Gasteiger partial charge in [-0.3, -0.25) is 4.79 Å². The second kappa shape index (κ2) is 6.08. The van der Waals surface area contributed by atoms with E-state index in [4.69, 9.17) is 16.3 Å². The summed E-state index contributed by atoms with van der Waals surface area (Å²) in [6.07, 6.45) is 0. The Labute approximate surface area is 124 Å². The van der Waals surface area contributed by atoms with E-state index in [9.17, 15) is 4.79 Å². The minimum absolute atomic E-state index is 0.243. The number of methoxy groups -OCH3 is 1. The molecule has 0 bridgehead atoms. The minimum atomic E-state index is -0.243. The Morgan fingerprint density at radius 2 is 2.00 bits per heavy atom. The lowest BCUT2D eigenvalue weighted by molar-refractivity contribution is 0.102. The van der Waals surface area contributed by atoms with Crippen LogP contribution in [-0.2, 0) is 0 Å². The van der Waals surface area contributed by atoms with Gasteiger partial charge in [0.2, 0.25) is 0 Å². The van der Waals surface area contributed by atoms with Crippen LogP contribution in [0.4, 0.5) is 5.69 Å². The number of ether oxygens (including phenoxy) is 1. The number of rotatable bonds is 3. The molecular weight excluding hydrogens is 330 g/mol. The molecule has 98 valence electrons. The van der Waals surface area contributed by atoms with Gasteiger partial charge in [-0.25, -0.2) is 0 Å². The SMILES string of the molecule is COc1ccccc1NC(=O)c1cc(Cl)cc(Br)c1. The van der Waals surface area contributed by atoms with Crippen LogP contribution in [0.15, 0.2) is 46.9 Å². The first-order valence-electron chi connectivity index (χ1n) is 5.50. The number of nitrogens with one attached hydrogen (secondary N) is 1. The minimum Gasteiger partial charge on any atom is -0.495 e. The Kier molecular flexibility index (Phi) is 4.45. The summed E-state index contributed by atoms with van der Waals surface area (Å²) in [6, 6.07) is 12.3. The van der Waals surface area contributed by atoms with Crippen LogP contribution >= 0.6 is 27.5 Å². The fraction of sp³-hybridized carbons (Fsp3) is 0.0714. The van der Waals surface area contributed by atoms with Crippen LogP contribution in [0, 0.1) is 0 Å². The topological polar surface area (TPSA) is 38.3 Å². The normalized spacial score (nSPS) is 10.1. The molecule has 0 saturated carbocycles. The molecular formula is C14H11BrClNO2. The Morgan fingerprint density at radius 3 is 2.68 bits per heavy atom. The summed E-state index contributed by atoms with van der Waals surface area (Å²) < 4.78 is 5.93. The Hall–Kier alpha value is -1.52. The smallest absolute Gasteiger partial charge is 0.255 e. The summed E-state index contributed by atoms with van der Waals surface area (Å²) >= 11 is 9.23. The molecule has 0 fully saturated rings. The van der Waals surface area contributed by atoms with E-state index >= 15 is 0 Å². The standard InChI is InChI=1S/C14H11BrClNO2/c1-19-13-5-3-2-4-12(13)17-14(18)9-6-10(15)8-11(16)7-9/h2-8H,1H3,(H,17,18). The molecule has 1 amide bonds. The summed E-state index contributed by atoms with van der Waals surface area (Å²) in [5.41, 5.74) is 1.09. The predicted octanol–water partition coefficient (Wildman–Crippen LogP) is 4.36. The molecule has 0 spiro atoms. The third-order valence-corrected chi connectivity index (χ3v) is 3.16. The second-order valence-electron chi connectivity index (χ2n) is 3.81. The molecule has 0 aliphatic heterocycles. The first kappa shape index (κ1) is 13.9. The third kappa shape index (κ3) is 3.49. The van der Waals surface area contributed by atoms with Gasteiger partial charge in [0, 0.05) is 15.1 Å². The van der Waals surface area contributed by atoms with Crippen LogP contribution in [0.5, 0.6) is 5.75 Å². The molecule has 3 nitrogen and oxygen atoms in total. The maximum absolute atomic E-state index is 12.1. The highest BCUT2D eigenvalue weighted by atomic mass is 79.9. The van der Waals surface area contributed by atoms with Crippen molar-refractivity contribution in [3.63, 3.8) is 0 Å². The molecule has 0 aliphatic rings. The first-order valence-corrected chi connectivity index (χ1v) is 6.67. The zero-order valence-corrected chi connectivity index (χ0v) is 12.5. The first-order chi connectivity index (χ1) is 9.10. The van der Waals surface area contributed by atoms with Crippen LogP contribution in [0.2, 0.25) is 5.02 Å². The number of benzene rings is 2. The van der Waals surface area contributed by atoms with Gasteiger partial charge in [0.25, 0.3) is 5.91 Å². The predicted molar refractivity (Wildman–Crippen MR) is 80.1 cm³/mol. The number of para-hydroxylation sites is 2. The van der Waals surface area contributed by atoms with E-state index in [1.165, 1.54) is 0 Å². The number of halogens is 2. The average molecular weight is 341 g/mol. The lowest BCUT2D eigenvalue weighted by Gasteiger charge is -2.10. The van der Waals surface area contributed by atoms with E-state index in [0.717, 1.165) is 4.47 Å². The van der Waals surface area contributed by atoms with Gasteiger partial charge in [-0.2, -0.15) is 0 Å². The van der Waals surface area contributed by atoms with Crippen molar-refractivity contribution in [2.75, 3.05) is 12.4 Å². The summed E-state index contributed by atoms with van der Waals surface area (Å²) in [4.78, 5) is 12.1. The molecule has 0 unspecified atom stereocenters. The molecule has 0 atom stereocenters. The van der Waals surface area contributed by atoms with E-state index in [2.05, 4.69) is 21.2 Å². The number of carbonyl (C=O) groups excluding carboxylic acids is 1. The van der Waals surface area contributed by atoms with Crippen molar-refractivity contribution in [3.8, 4) is 5.75 Å². The number of anilines is 1. The van der Waals surface area contributed by atoms with Crippen molar-refractivity contribution in [3.05, 3.63) is 57.5 Å². The van der Waals surface area contributed by atoms with Gasteiger partial charge in [0.1, 0.15) is 5.75 Å². The van der Waals surface area contributed by atoms with Crippen LogP contribution < -0.4 is 10.1 Å². The quantitative estimate of drug-likeness (QED) is 0.901. The van der Waals surface area contributed by atoms with Crippen LogP contribution in [-0.4, -0.2) is 13.0 Å². The van der Waals surface area contributed by atoms with Gasteiger partial charge < -0.3 is 10.1 Å². The fourth-order valence-corrected chi connectivity index (χ4v) is 2.49. The fourth-order valence-electron chi connectivity index (χ4n) is 1.63. The number of hydrogen-bond acceptors (Lipinski definition) is 2. The van der Waals surface area contributed by atoms with Crippen molar-refractivity contribution in [1.29, 1.82) is 0 Å². The van der Waals surface area contributed by atoms with Crippen molar-refractivity contribution in [2.45, 2.75) is 0 Å². The molecule has 0 aromatic heterocycles. The van der Waals surface area contributed by atoms with E-state index in [1.807, 2.05) is 12.1 Å². The second-order valence-corrected chi connectivity index (χ2v) is 5.16. The lowest BCUT2D eigenvalue weighted by Crippen LogP contribution is -2.12. The molecule has 2 rings (SSSR count). The van der Waals surface area contributed by atoms with Crippen molar-refractivity contribution < 1.29 is 9.53 Å². The molecule has 19 heavy (non-hydrogen) atoms. The van der Waals surface area contributed by atoms with Crippen molar-refractivity contribution >= 4 is 39.1 Å². The number of amides is 1. The van der Waals surface area contributed by atoms with Crippen LogP contribution in [0.25, 0.3) is 0 Å². The van der Waals surface area contributed by atoms with Gasteiger partial charge in [-0.1, -0.05) is 39.7 Å². The molecule has 1 N–H and O–H groups in total. The maximum atomic E-state index is 12.1. The highest BCUT2D eigenvalue weighted by molar-refractivity contribution is 9.10. The maximum Gasteiger partial charge on any atom is 0.255 e. The van der Waals surface area contributed by atoms with E-state index in [1.54, 1.807) is 37.4 Å². The molecule has 0 aliphatic carbocycles. The summed E-state index contributed by atoms with van der Waals surface area (Å²) in [7, 11) is 1.56. The zero-order chi connectivity index (χ0) is 13.8. The van der Waals surface area contributed by atoms with Crippen molar-refractivity contribution in [1.82, 2.24) is 0 Å². The Morgan fingerprint density at radius 1 is 1.26 bits per heavy atom. The summed E-state index contributed by atoms with van der Waals surface area (Å²) in [5, 5.41) is 3.29. The van der Waals surface area contributed by atoms with Gasteiger partial charge in [-0.15, -0.1) is 0 Å². The van der Waals surface area contributed by atoms with Crippen molar-refractivity contribution in [2.24, 2.45) is 0 Å². The van der Waals surface area contributed by atoms with Gasteiger partial charge in [0.15, 0.2) is 0 Å². The van der Waals surface area contributed by atoms with Crippen LogP contribution in [0.1, 0.15) is 10.4 Å². The molecule has 2 aromatic carbocycles. The monoisotopic (exact) mass is 339 g/mol. The van der Waals surface area contributed by atoms with Gasteiger partial charge >= 0.3 is 0 Å². The van der Waals surface area contributed by atoms with E-state index in [0.29, 0.717) is 22.0 Å². The summed E-state index contributed by atoms with van der Waals surface area (Å²) in [6.45, 7) is 0. The van der Waals surface area contributed by atoms with Gasteiger partial charge in [-0.05, 0) is 30.3 Å². The Balaban J connectivity index is 2.25. The van der Waals surface area contributed by atoms with E-state index < -0.39 is 0 Å². The summed E-state index contributed by atoms with van der Waals surface area (Å²) in [5.74, 6) is 0.365. The highest BCUT2D eigenvalue weighted by Gasteiger charge is 2.10. The largest absolute Gasteiger partial charge is 0.495 e. The molecule has 0 radical (unpaired) electrons. The third-order valence-electron chi connectivity index (χ3n) is 2.48. The van der Waals surface area contributed by atoms with Crippen LogP contribution in [0.3, 0.4) is 0 Å². The van der Waals surface area contributed by atoms with E-state index in [-0.39, 0.29) is 5.91 Å². The Bertz CT molecular complexity index is 596. The molecule has 0 saturated heterocycles. The zero-order valence-electron chi connectivity index (χ0n) is 10.1. The number of carbonyl (C=O) groups is 1. The lowest BCUT2D eigenvalue weighted by atomic mass is 10.2. The highest BCUT2D eigenvalue weighted by Crippen LogP contribution is 2.25.